The van der Waals surface area contributed by atoms with Crippen molar-refractivity contribution in [1.29, 1.82) is 0 Å². The highest BCUT2D eigenvalue weighted by Crippen LogP contribution is 2.32. The van der Waals surface area contributed by atoms with Crippen molar-refractivity contribution < 1.29 is 9.50 Å². The Morgan fingerprint density at radius 2 is 2.00 bits per heavy atom. The Balaban J connectivity index is 2.41. The monoisotopic (exact) mass is 357 g/mol. The molecular weight excluding hydrogens is 345 g/mol. The SMILES string of the molecule is CC(CO)(Nc1ccccc1Cl)c1ccc(Br)cc1F. The predicted octanol–water partition coefficient (Wildman–Crippen LogP) is 4.56. The molecule has 2 nitrogen and oxygen atoms in total. The Hall–Kier alpha value is -1.10. The quantitative estimate of drug-likeness (QED) is 0.839. The van der Waals surface area contributed by atoms with Gasteiger partial charge in [0.2, 0.25) is 0 Å². The smallest absolute Gasteiger partial charge is 0.129 e. The zero-order valence-electron chi connectivity index (χ0n) is 10.8. The molecule has 0 aliphatic heterocycles. The molecule has 0 aliphatic carbocycles. The third kappa shape index (κ3) is 3.14. The topological polar surface area (TPSA) is 32.3 Å². The molecule has 0 amide bonds. The van der Waals surface area contributed by atoms with Crippen LogP contribution in [0.3, 0.4) is 0 Å². The van der Waals surface area contributed by atoms with Gasteiger partial charge in [0.1, 0.15) is 5.82 Å². The maximum absolute atomic E-state index is 14.1. The zero-order chi connectivity index (χ0) is 14.8. The summed E-state index contributed by atoms with van der Waals surface area (Å²) in [4.78, 5) is 0. The molecule has 0 spiro atoms. The normalized spacial score (nSPS) is 13.8. The second-order valence-corrected chi connectivity index (χ2v) is 6.04. The molecule has 0 aliphatic rings. The van der Waals surface area contributed by atoms with Crippen molar-refractivity contribution in [2.24, 2.45) is 0 Å². The van der Waals surface area contributed by atoms with Gasteiger partial charge in [-0.15, -0.1) is 0 Å². The van der Waals surface area contributed by atoms with E-state index < -0.39 is 11.4 Å². The molecule has 106 valence electrons. The van der Waals surface area contributed by atoms with Gasteiger partial charge in [-0.25, -0.2) is 4.39 Å². The molecule has 2 rings (SSSR count). The molecule has 20 heavy (non-hydrogen) atoms. The van der Waals surface area contributed by atoms with Crippen molar-refractivity contribution >= 4 is 33.2 Å². The van der Waals surface area contributed by atoms with E-state index in [0.717, 1.165) is 0 Å². The molecule has 5 heteroatoms. The van der Waals surface area contributed by atoms with Crippen molar-refractivity contribution in [3.05, 3.63) is 63.3 Å². The van der Waals surface area contributed by atoms with Gasteiger partial charge in [0.25, 0.3) is 0 Å². The van der Waals surface area contributed by atoms with Gasteiger partial charge in [0, 0.05) is 10.0 Å². The van der Waals surface area contributed by atoms with Crippen molar-refractivity contribution in [2.45, 2.75) is 12.5 Å². The minimum absolute atomic E-state index is 0.267. The second kappa shape index (κ2) is 6.12. The molecule has 0 saturated carbocycles. The van der Waals surface area contributed by atoms with Crippen LogP contribution in [0.25, 0.3) is 0 Å². The molecular formula is C15H14BrClFNO. The van der Waals surface area contributed by atoms with E-state index >= 15 is 0 Å². The van der Waals surface area contributed by atoms with Crippen LogP contribution in [0.2, 0.25) is 5.02 Å². The van der Waals surface area contributed by atoms with E-state index in [9.17, 15) is 9.50 Å². The first-order valence-electron chi connectivity index (χ1n) is 6.05. The van der Waals surface area contributed by atoms with Crippen molar-refractivity contribution in [1.82, 2.24) is 0 Å². The van der Waals surface area contributed by atoms with Gasteiger partial charge < -0.3 is 10.4 Å². The van der Waals surface area contributed by atoms with Crippen LogP contribution in [-0.4, -0.2) is 11.7 Å². The van der Waals surface area contributed by atoms with E-state index in [1.54, 1.807) is 31.2 Å². The Morgan fingerprint density at radius 1 is 1.30 bits per heavy atom. The highest BCUT2D eigenvalue weighted by molar-refractivity contribution is 9.10. The summed E-state index contributed by atoms with van der Waals surface area (Å²) in [6.45, 7) is 1.46. The van der Waals surface area contributed by atoms with E-state index in [-0.39, 0.29) is 6.61 Å². The average molecular weight is 359 g/mol. The lowest BCUT2D eigenvalue weighted by Crippen LogP contribution is -2.36. The second-order valence-electron chi connectivity index (χ2n) is 4.72. The summed E-state index contributed by atoms with van der Waals surface area (Å²) in [5.74, 6) is -0.393. The first-order chi connectivity index (χ1) is 9.46. The molecule has 0 heterocycles. The molecule has 0 fully saturated rings. The summed E-state index contributed by atoms with van der Waals surface area (Å²) in [5, 5.41) is 13.3. The fraction of sp³-hybridized carbons (Fsp3) is 0.200. The van der Waals surface area contributed by atoms with Gasteiger partial charge >= 0.3 is 0 Å². The van der Waals surface area contributed by atoms with Gasteiger partial charge in [-0.2, -0.15) is 0 Å². The summed E-state index contributed by atoms with van der Waals surface area (Å²) in [6.07, 6.45) is 0. The van der Waals surface area contributed by atoms with E-state index in [1.807, 2.05) is 12.1 Å². The van der Waals surface area contributed by atoms with Gasteiger partial charge in [0.15, 0.2) is 0 Å². The van der Waals surface area contributed by atoms with Gasteiger partial charge in [-0.3, -0.25) is 0 Å². The number of halogens is 3. The average Bonchev–Trinajstić information content (AvgIpc) is 2.41. The number of anilines is 1. The summed E-state index contributed by atoms with van der Waals surface area (Å²) >= 11 is 9.31. The van der Waals surface area contributed by atoms with Gasteiger partial charge in [-0.05, 0) is 31.2 Å². The standard InChI is InChI=1S/C15H14BrClFNO/c1-15(9-20,11-7-6-10(16)8-13(11)18)19-14-5-3-2-4-12(14)17/h2-8,19-20H,9H2,1H3. The molecule has 2 aromatic carbocycles. The molecule has 0 aromatic heterocycles. The Morgan fingerprint density at radius 3 is 2.60 bits per heavy atom. The van der Waals surface area contributed by atoms with Crippen molar-refractivity contribution in [3.8, 4) is 0 Å². The highest BCUT2D eigenvalue weighted by atomic mass is 79.9. The fourth-order valence-electron chi connectivity index (χ4n) is 1.99. The van der Waals surface area contributed by atoms with Crippen molar-refractivity contribution in [3.63, 3.8) is 0 Å². The van der Waals surface area contributed by atoms with Crippen molar-refractivity contribution in [2.75, 3.05) is 11.9 Å². The molecule has 0 radical (unpaired) electrons. The van der Waals surface area contributed by atoms with Gasteiger partial charge in [0.05, 0.1) is 22.9 Å². The molecule has 0 bridgehead atoms. The summed E-state index contributed by atoms with van der Waals surface area (Å²) in [5.41, 5.74) is 0.0617. The third-order valence-electron chi connectivity index (χ3n) is 3.13. The number of nitrogens with one attached hydrogen (secondary N) is 1. The third-order valence-corrected chi connectivity index (χ3v) is 3.95. The largest absolute Gasteiger partial charge is 0.394 e. The van der Waals surface area contributed by atoms with Crippen LogP contribution in [0.4, 0.5) is 10.1 Å². The van der Waals surface area contributed by atoms with Gasteiger partial charge in [-0.1, -0.05) is 45.7 Å². The number of rotatable bonds is 4. The zero-order valence-corrected chi connectivity index (χ0v) is 13.2. The fourth-order valence-corrected chi connectivity index (χ4v) is 2.50. The number of aliphatic hydroxyl groups is 1. The lowest BCUT2D eigenvalue weighted by Gasteiger charge is -2.31. The van der Waals surface area contributed by atoms with Crippen LogP contribution in [0.5, 0.6) is 0 Å². The van der Waals surface area contributed by atoms with E-state index in [1.165, 1.54) is 6.07 Å². The number of benzene rings is 2. The number of para-hydroxylation sites is 1. The summed E-state index contributed by atoms with van der Waals surface area (Å²) in [6, 6.07) is 11.9. The molecule has 0 saturated heterocycles. The molecule has 2 N–H and O–H groups in total. The Labute approximate surface area is 130 Å². The Bertz CT molecular complexity index is 623. The van der Waals surface area contributed by atoms with E-state index in [2.05, 4.69) is 21.2 Å². The van der Waals surface area contributed by atoms with E-state index in [0.29, 0.717) is 20.7 Å². The predicted molar refractivity (Wildman–Crippen MR) is 83.6 cm³/mol. The number of aliphatic hydroxyl groups excluding tert-OH is 1. The number of hydrogen-bond donors (Lipinski definition) is 2. The van der Waals surface area contributed by atoms with Crippen LogP contribution in [0.1, 0.15) is 12.5 Å². The highest BCUT2D eigenvalue weighted by Gasteiger charge is 2.29. The maximum atomic E-state index is 14.1. The molecule has 2 aromatic rings. The van der Waals surface area contributed by atoms with Crippen LogP contribution in [0, 0.1) is 5.82 Å². The summed E-state index contributed by atoms with van der Waals surface area (Å²) < 4.78 is 14.8. The van der Waals surface area contributed by atoms with E-state index in [4.69, 9.17) is 11.6 Å². The molecule has 1 atom stereocenters. The Kier molecular flexibility index (Phi) is 4.68. The van der Waals surface area contributed by atoms with Crippen LogP contribution < -0.4 is 5.32 Å². The minimum Gasteiger partial charge on any atom is -0.394 e. The first-order valence-corrected chi connectivity index (χ1v) is 7.22. The lowest BCUT2D eigenvalue weighted by molar-refractivity contribution is 0.220. The van der Waals surface area contributed by atoms with Crippen LogP contribution in [0.15, 0.2) is 46.9 Å². The molecule has 1 unspecified atom stereocenters. The minimum atomic E-state index is -0.963. The van der Waals surface area contributed by atoms with Crippen LogP contribution >= 0.6 is 27.5 Å². The summed E-state index contributed by atoms with van der Waals surface area (Å²) in [7, 11) is 0. The number of hydrogen-bond acceptors (Lipinski definition) is 2. The maximum Gasteiger partial charge on any atom is 0.129 e. The van der Waals surface area contributed by atoms with Crippen LogP contribution in [-0.2, 0) is 5.54 Å². The first kappa shape index (κ1) is 15.3. The lowest BCUT2D eigenvalue weighted by atomic mass is 9.92.